The first-order chi connectivity index (χ1) is 13.0. The second-order valence-corrected chi connectivity index (χ2v) is 6.77. The average Bonchev–Trinajstić information content (AvgIpc) is 2.69. The number of piperazine rings is 1. The van der Waals surface area contributed by atoms with Gasteiger partial charge in [-0.3, -0.25) is 19.8 Å². The summed E-state index contributed by atoms with van der Waals surface area (Å²) in [5, 5.41) is 13.7. The molecular formula is C20H24N4O3. The van der Waals surface area contributed by atoms with Crippen molar-refractivity contribution in [2.45, 2.75) is 13.3 Å². The lowest BCUT2D eigenvalue weighted by atomic mass is 10.2. The van der Waals surface area contributed by atoms with Crippen molar-refractivity contribution in [2.24, 2.45) is 0 Å². The van der Waals surface area contributed by atoms with Crippen molar-refractivity contribution in [2.75, 3.05) is 42.9 Å². The number of benzene rings is 2. The van der Waals surface area contributed by atoms with Crippen LogP contribution in [0.3, 0.4) is 0 Å². The Morgan fingerprint density at radius 3 is 2.26 bits per heavy atom. The maximum absolute atomic E-state index is 12.1. The molecule has 1 aliphatic heterocycles. The van der Waals surface area contributed by atoms with E-state index in [1.54, 1.807) is 12.1 Å². The van der Waals surface area contributed by atoms with Gasteiger partial charge >= 0.3 is 0 Å². The van der Waals surface area contributed by atoms with Gasteiger partial charge in [0.2, 0.25) is 5.91 Å². The van der Waals surface area contributed by atoms with Crippen LogP contribution in [0.2, 0.25) is 0 Å². The molecule has 1 heterocycles. The van der Waals surface area contributed by atoms with E-state index in [0.717, 1.165) is 44.1 Å². The van der Waals surface area contributed by atoms with Crippen molar-refractivity contribution in [1.82, 2.24) is 4.90 Å². The second-order valence-electron chi connectivity index (χ2n) is 6.77. The number of nitro groups is 1. The smallest absolute Gasteiger partial charge is 0.269 e. The number of anilines is 2. The van der Waals surface area contributed by atoms with E-state index in [2.05, 4.69) is 15.1 Å². The van der Waals surface area contributed by atoms with Gasteiger partial charge < -0.3 is 10.2 Å². The molecule has 0 radical (unpaired) electrons. The molecule has 0 atom stereocenters. The number of aryl methyl sites for hydroxylation is 1. The van der Waals surface area contributed by atoms with E-state index >= 15 is 0 Å². The number of rotatable bonds is 6. The van der Waals surface area contributed by atoms with Gasteiger partial charge in [-0.1, -0.05) is 17.7 Å². The van der Waals surface area contributed by atoms with Gasteiger partial charge in [0, 0.05) is 62.7 Å². The van der Waals surface area contributed by atoms with Crippen LogP contribution in [0.15, 0.2) is 48.5 Å². The molecule has 0 spiro atoms. The van der Waals surface area contributed by atoms with Gasteiger partial charge in [0.15, 0.2) is 0 Å². The monoisotopic (exact) mass is 368 g/mol. The Kier molecular flexibility index (Phi) is 6.03. The summed E-state index contributed by atoms with van der Waals surface area (Å²) >= 11 is 0. The van der Waals surface area contributed by atoms with Gasteiger partial charge in [0.05, 0.1) is 4.92 Å². The minimum Gasteiger partial charge on any atom is -0.369 e. The van der Waals surface area contributed by atoms with Gasteiger partial charge in [0.25, 0.3) is 5.69 Å². The van der Waals surface area contributed by atoms with E-state index in [9.17, 15) is 14.9 Å². The molecular weight excluding hydrogens is 344 g/mol. The molecule has 1 N–H and O–H groups in total. The zero-order valence-electron chi connectivity index (χ0n) is 15.4. The summed E-state index contributed by atoms with van der Waals surface area (Å²) < 4.78 is 0. The SMILES string of the molecule is Cc1ccc(NC(=O)CCN2CCN(c3ccc([N+](=O)[O-])cc3)CC2)cc1. The van der Waals surface area contributed by atoms with E-state index < -0.39 is 0 Å². The molecule has 1 aliphatic rings. The lowest BCUT2D eigenvalue weighted by molar-refractivity contribution is -0.384. The van der Waals surface area contributed by atoms with Gasteiger partial charge in [-0.15, -0.1) is 0 Å². The van der Waals surface area contributed by atoms with Crippen molar-refractivity contribution in [3.8, 4) is 0 Å². The summed E-state index contributed by atoms with van der Waals surface area (Å²) in [6, 6.07) is 14.5. The average molecular weight is 368 g/mol. The fourth-order valence-electron chi connectivity index (χ4n) is 3.13. The summed E-state index contributed by atoms with van der Waals surface area (Å²) in [5.41, 5.74) is 3.10. The number of nitrogens with one attached hydrogen (secondary N) is 1. The Morgan fingerprint density at radius 2 is 1.67 bits per heavy atom. The summed E-state index contributed by atoms with van der Waals surface area (Å²) in [6.45, 7) is 6.17. The molecule has 1 saturated heterocycles. The van der Waals surface area contributed by atoms with E-state index in [-0.39, 0.29) is 16.5 Å². The third-order valence-electron chi connectivity index (χ3n) is 4.79. The number of non-ortho nitro benzene ring substituents is 1. The summed E-state index contributed by atoms with van der Waals surface area (Å²) in [7, 11) is 0. The topological polar surface area (TPSA) is 78.7 Å². The molecule has 1 fully saturated rings. The third kappa shape index (κ3) is 5.27. The number of amides is 1. The maximum atomic E-state index is 12.1. The fourth-order valence-corrected chi connectivity index (χ4v) is 3.13. The predicted molar refractivity (Wildman–Crippen MR) is 106 cm³/mol. The van der Waals surface area contributed by atoms with Crippen molar-refractivity contribution in [1.29, 1.82) is 0 Å². The molecule has 0 unspecified atom stereocenters. The molecule has 0 saturated carbocycles. The zero-order valence-corrected chi connectivity index (χ0v) is 15.4. The standard InChI is InChI=1S/C20H24N4O3/c1-16-2-4-17(5-3-16)21-20(25)10-11-22-12-14-23(15-13-22)18-6-8-19(9-7-18)24(26)27/h2-9H,10-15H2,1H3,(H,21,25). The minimum absolute atomic E-state index is 0.0247. The largest absolute Gasteiger partial charge is 0.369 e. The maximum Gasteiger partial charge on any atom is 0.269 e. The van der Waals surface area contributed by atoms with Crippen LogP contribution in [0, 0.1) is 17.0 Å². The van der Waals surface area contributed by atoms with Crippen LogP contribution in [0.4, 0.5) is 17.1 Å². The van der Waals surface area contributed by atoms with Crippen LogP contribution in [-0.4, -0.2) is 48.5 Å². The van der Waals surface area contributed by atoms with Gasteiger partial charge in [0.1, 0.15) is 0 Å². The van der Waals surface area contributed by atoms with Crippen LogP contribution in [-0.2, 0) is 4.79 Å². The van der Waals surface area contributed by atoms with E-state index in [4.69, 9.17) is 0 Å². The zero-order chi connectivity index (χ0) is 19.2. The highest BCUT2D eigenvalue weighted by molar-refractivity contribution is 5.90. The minimum atomic E-state index is -0.386. The van der Waals surface area contributed by atoms with Crippen LogP contribution in [0.1, 0.15) is 12.0 Å². The molecule has 2 aromatic carbocycles. The molecule has 1 amide bonds. The molecule has 27 heavy (non-hydrogen) atoms. The Bertz CT molecular complexity index is 782. The van der Waals surface area contributed by atoms with Gasteiger partial charge in [-0.05, 0) is 31.2 Å². The molecule has 7 heteroatoms. The highest BCUT2D eigenvalue weighted by Gasteiger charge is 2.18. The van der Waals surface area contributed by atoms with E-state index in [1.807, 2.05) is 31.2 Å². The number of carbonyl (C=O) groups is 1. The van der Waals surface area contributed by atoms with Crippen molar-refractivity contribution in [3.63, 3.8) is 0 Å². The molecule has 3 rings (SSSR count). The first kappa shape index (κ1) is 18.8. The summed E-state index contributed by atoms with van der Waals surface area (Å²) in [5.74, 6) is 0.0247. The molecule has 0 aliphatic carbocycles. The molecule has 7 nitrogen and oxygen atoms in total. The van der Waals surface area contributed by atoms with Crippen LogP contribution < -0.4 is 10.2 Å². The predicted octanol–water partition coefficient (Wildman–Crippen LogP) is 3.05. The Hall–Kier alpha value is -2.93. The Labute approximate surface area is 158 Å². The van der Waals surface area contributed by atoms with Crippen molar-refractivity contribution >= 4 is 23.0 Å². The molecule has 2 aromatic rings. The first-order valence-electron chi connectivity index (χ1n) is 9.09. The van der Waals surface area contributed by atoms with Crippen LogP contribution in [0.5, 0.6) is 0 Å². The number of nitrogens with zero attached hydrogens (tertiary/aromatic N) is 3. The molecule has 142 valence electrons. The third-order valence-corrected chi connectivity index (χ3v) is 4.79. The first-order valence-corrected chi connectivity index (χ1v) is 9.09. The fraction of sp³-hybridized carbons (Fsp3) is 0.350. The van der Waals surface area contributed by atoms with Gasteiger partial charge in [-0.25, -0.2) is 0 Å². The van der Waals surface area contributed by atoms with E-state index in [1.165, 1.54) is 17.7 Å². The van der Waals surface area contributed by atoms with Crippen LogP contribution in [0.25, 0.3) is 0 Å². The van der Waals surface area contributed by atoms with Crippen molar-refractivity contribution < 1.29 is 9.72 Å². The number of hydrogen-bond acceptors (Lipinski definition) is 5. The molecule has 0 aromatic heterocycles. The number of carbonyl (C=O) groups excluding carboxylic acids is 1. The lowest BCUT2D eigenvalue weighted by Crippen LogP contribution is -2.47. The Balaban J connectivity index is 1.42. The highest BCUT2D eigenvalue weighted by atomic mass is 16.6. The van der Waals surface area contributed by atoms with Gasteiger partial charge in [-0.2, -0.15) is 0 Å². The summed E-state index contributed by atoms with van der Waals surface area (Å²) in [6.07, 6.45) is 0.464. The highest BCUT2D eigenvalue weighted by Crippen LogP contribution is 2.20. The quantitative estimate of drug-likeness (QED) is 0.626. The van der Waals surface area contributed by atoms with Crippen LogP contribution >= 0.6 is 0 Å². The molecule has 0 bridgehead atoms. The Morgan fingerprint density at radius 1 is 1.04 bits per heavy atom. The van der Waals surface area contributed by atoms with Crippen molar-refractivity contribution in [3.05, 3.63) is 64.2 Å². The second kappa shape index (κ2) is 8.64. The van der Waals surface area contributed by atoms with E-state index in [0.29, 0.717) is 6.42 Å². The normalized spacial score (nSPS) is 14.8. The number of hydrogen-bond donors (Lipinski definition) is 1. The summed E-state index contributed by atoms with van der Waals surface area (Å²) in [4.78, 5) is 27.0. The number of nitro benzene ring substituents is 1. The lowest BCUT2D eigenvalue weighted by Gasteiger charge is -2.36.